The number of hydrogen-bond acceptors (Lipinski definition) is 7. The number of piperazine rings is 1. The van der Waals surface area contributed by atoms with Gasteiger partial charge in [0.25, 0.3) is 0 Å². The van der Waals surface area contributed by atoms with Crippen LogP contribution < -0.4 is 19.1 Å². The molecule has 4 heterocycles. The molecular weight excluding hydrogens is 636 g/mol. The van der Waals surface area contributed by atoms with Crippen LogP contribution >= 0.6 is 11.6 Å². The zero-order valence-corrected chi connectivity index (χ0v) is 27.3. The molecule has 7 rings (SSSR count). The van der Waals surface area contributed by atoms with Crippen molar-refractivity contribution in [2.24, 2.45) is 0 Å². The maximum Gasteiger partial charge on any atom is 0.511 e. The Kier molecular flexibility index (Phi) is 10.6. The average Bonchev–Trinajstić information content (AvgIpc) is 3.70. The van der Waals surface area contributed by atoms with E-state index in [9.17, 15) is 14.7 Å². The number of nitrogens with one attached hydrogen (secondary N) is 2. The van der Waals surface area contributed by atoms with Gasteiger partial charge in [0.1, 0.15) is 19.0 Å². The zero-order valence-electron chi connectivity index (χ0n) is 26.5. The van der Waals surface area contributed by atoms with E-state index in [4.69, 9.17) is 26.2 Å². The van der Waals surface area contributed by atoms with Gasteiger partial charge in [0.05, 0.1) is 5.56 Å². The van der Waals surface area contributed by atoms with E-state index in [-0.39, 0.29) is 0 Å². The van der Waals surface area contributed by atoms with Crippen LogP contribution in [-0.4, -0.2) is 89.0 Å². The lowest BCUT2D eigenvalue weighted by Gasteiger charge is -2.36. The number of halogens is 1. The Balaban J connectivity index is 0.000000200. The molecule has 0 amide bonds. The van der Waals surface area contributed by atoms with Crippen molar-refractivity contribution in [3.8, 4) is 17.2 Å². The molecular formula is C36H39ClN4O7. The van der Waals surface area contributed by atoms with Crippen LogP contribution in [0.25, 0.3) is 21.8 Å². The first-order chi connectivity index (χ1) is 23.4. The molecule has 5 aromatic rings. The Labute approximate surface area is 283 Å². The summed E-state index contributed by atoms with van der Waals surface area (Å²) in [6, 6.07) is 16.6. The molecule has 0 bridgehead atoms. The van der Waals surface area contributed by atoms with E-state index in [2.05, 4.69) is 36.6 Å². The fraction of sp³-hybridized carbons (Fsp3) is 0.333. The summed E-state index contributed by atoms with van der Waals surface area (Å²) in [5.41, 5.74) is 5.80. The zero-order chi connectivity index (χ0) is 33.5. The molecule has 1 fully saturated rings. The lowest BCUT2D eigenvalue weighted by atomic mass is 10.1. The van der Waals surface area contributed by atoms with Gasteiger partial charge in [-0.15, -0.1) is 11.6 Å². The predicted octanol–water partition coefficient (Wildman–Crippen LogP) is 6.79. The molecule has 48 heavy (non-hydrogen) atoms. The lowest BCUT2D eigenvalue weighted by molar-refractivity contribution is 0.0697. The Morgan fingerprint density at radius 2 is 1.46 bits per heavy atom. The Bertz CT molecular complexity index is 1880. The number of rotatable bonds is 10. The molecule has 2 aromatic heterocycles. The molecule has 11 nitrogen and oxygen atoms in total. The molecule has 0 atom stereocenters. The Hall–Kier alpha value is -4.87. The summed E-state index contributed by atoms with van der Waals surface area (Å²) in [7, 11) is 0. The maximum atomic E-state index is 11.3. The molecule has 2 aliphatic heterocycles. The highest BCUT2D eigenvalue weighted by atomic mass is 35.5. The monoisotopic (exact) mass is 674 g/mol. The van der Waals surface area contributed by atoms with Crippen LogP contribution in [0.5, 0.6) is 17.2 Å². The second-order valence-electron chi connectivity index (χ2n) is 11.8. The van der Waals surface area contributed by atoms with Gasteiger partial charge in [-0.05, 0) is 91.9 Å². The highest BCUT2D eigenvalue weighted by Gasteiger charge is 2.20. The molecule has 2 aliphatic rings. The number of alkyl halides is 1. The van der Waals surface area contributed by atoms with E-state index >= 15 is 0 Å². The number of carbonyl (C=O) groups is 2. The number of anilines is 1. The van der Waals surface area contributed by atoms with E-state index in [1.165, 1.54) is 11.3 Å². The third-order valence-electron chi connectivity index (χ3n) is 8.72. The number of aryl methyl sites for hydroxylation is 2. The van der Waals surface area contributed by atoms with E-state index in [0.29, 0.717) is 30.4 Å². The van der Waals surface area contributed by atoms with Gasteiger partial charge in [-0.2, -0.15) is 0 Å². The number of aromatic nitrogens is 2. The number of carboxylic acid groups (broad SMARTS) is 2. The molecule has 12 heteroatoms. The van der Waals surface area contributed by atoms with Gasteiger partial charge in [-0.3, -0.25) is 4.90 Å². The molecule has 0 spiro atoms. The number of benzene rings is 3. The first-order valence-corrected chi connectivity index (χ1v) is 16.7. The largest absolute Gasteiger partial charge is 0.511 e. The van der Waals surface area contributed by atoms with E-state index in [1.54, 1.807) is 30.3 Å². The molecule has 0 aliphatic carbocycles. The van der Waals surface area contributed by atoms with Crippen molar-refractivity contribution in [1.29, 1.82) is 0 Å². The van der Waals surface area contributed by atoms with Gasteiger partial charge in [-0.25, -0.2) is 9.59 Å². The number of fused-ring (bicyclic) bond motifs is 3. The molecule has 0 unspecified atom stereocenters. The number of H-pyrrole nitrogens is 2. The van der Waals surface area contributed by atoms with Gasteiger partial charge in [0, 0.05) is 78.0 Å². The molecule has 4 N–H and O–H groups in total. The number of ether oxygens (including phenoxy) is 3. The van der Waals surface area contributed by atoms with Gasteiger partial charge >= 0.3 is 12.1 Å². The minimum absolute atomic E-state index is 0.330. The number of aromatic carboxylic acids is 1. The summed E-state index contributed by atoms with van der Waals surface area (Å²) in [4.78, 5) is 33.0. The van der Waals surface area contributed by atoms with Gasteiger partial charge in [0.15, 0.2) is 11.5 Å². The van der Waals surface area contributed by atoms with Crippen molar-refractivity contribution >= 4 is 51.2 Å². The minimum atomic E-state index is -1.30. The number of hydrogen-bond donors (Lipinski definition) is 4. The summed E-state index contributed by atoms with van der Waals surface area (Å²) in [5, 5.41) is 19.8. The van der Waals surface area contributed by atoms with E-state index in [1.807, 2.05) is 24.5 Å². The maximum absolute atomic E-state index is 11.3. The fourth-order valence-corrected chi connectivity index (χ4v) is 6.39. The predicted molar refractivity (Wildman–Crippen MR) is 186 cm³/mol. The van der Waals surface area contributed by atoms with Gasteiger partial charge in [0.2, 0.25) is 0 Å². The fourth-order valence-electron chi connectivity index (χ4n) is 6.26. The van der Waals surface area contributed by atoms with Crippen molar-refractivity contribution in [2.75, 3.05) is 56.7 Å². The number of carboxylic acids is 1. The van der Waals surface area contributed by atoms with Crippen LogP contribution in [0.4, 0.5) is 10.5 Å². The Morgan fingerprint density at radius 3 is 2.15 bits per heavy atom. The molecule has 0 radical (unpaired) electrons. The SMILES string of the molecule is O=C(O)Oc1ccc2[nH]cc(CCCCl)c2c1.O=C(O)c1ccc2[nH]cc(CCCN3CCN(c4ccc5c(c4)OCCO5)CC3)c2c1. The van der Waals surface area contributed by atoms with Crippen molar-refractivity contribution in [2.45, 2.75) is 25.7 Å². The van der Waals surface area contributed by atoms with Crippen LogP contribution in [0.3, 0.4) is 0 Å². The molecule has 252 valence electrons. The third-order valence-corrected chi connectivity index (χ3v) is 8.99. The number of nitrogens with zero attached hydrogens (tertiary/aromatic N) is 2. The van der Waals surface area contributed by atoms with E-state index < -0.39 is 12.1 Å². The summed E-state index contributed by atoms with van der Waals surface area (Å²) in [6.45, 7) is 6.32. The third kappa shape index (κ3) is 7.98. The van der Waals surface area contributed by atoms with Crippen LogP contribution in [0.1, 0.15) is 34.3 Å². The molecule has 1 saturated heterocycles. The molecule has 0 saturated carbocycles. The highest BCUT2D eigenvalue weighted by molar-refractivity contribution is 6.17. The first-order valence-electron chi connectivity index (χ1n) is 16.1. The van der Waals surface area contributed by atoms with Gasteiger partial charge in [-0.1, -0.05) is 0 Å². The van der Waals surface area contributed by atoms with Crippen LogP contribution in [0.2, 0.25) is 0 Å². The molecule has 3 aromatic carbocycles. The van der Waals surface area contributed by atoms with E-state index in [0.717, 1.165) is 97.3 Å². The van der Waals surface area contributed by atoms with Crippen molar-refractivity contribution in [3.63, 3.8) is 0 Å². The summed E-state index contributed by atoms with van der Waals surface area (Å²) >= 11 is 5.66. The second-order valence-corrected chi connectivity index (χ2v) is 12.2. The minimum Gasteiger partial charge on any atom is -0.486 e. The van der Waals surface area contributed by atoms with Crippen LogP contribution in [-0.2, 0) is 12.8 Å². The summed E-state index contributed by atoms with van der Waals surface area (Å²) in [5.74, 6) is 1.73. The Morgan fingerprint density at radius 1 is 0.792 bits per heavy atom. The second kappa shape index (κ2) is 15.4. The smallest absolute Gasteiger partial charge is 0.486 e. The summed E-state index contributed by atoms with van der Waals surface area (Å²) in [6.07, 6.45) is 6.36. The van der Waals surface area contributed by atoms with Crippen LogP contribution in [0, 0.1) is 0 Å². The average molecular weight is 675 g/mol. The van der Waals surface area contributed by atoms with Crippen molar-refractivity contribution in [1.82, 2.24) is 14.9 Å². The standard InChI is InChI=1S/C24H27N3O4.C12H12ClNO3/c28-24(29)17-3-5-21-20(14-17)18(16-25-21)2-1-7-26-8-10-27(11-9-26)19-4-6-22-23(15-19)31-13-12-30-22;13-5-1-2-8-7-14-11-4-3-9(6-10(8)11)17-12(15)16/h3-6,14-16,25H,1-2,7-13H2,(H,28,29);3-4,6-7,14H,1-2,5H2,(H,15,16). The topological polar surface area (TPSA) is 140 Å². The lowest BCUT2D eigenvalue weighted by Crippen LogP contribution is -2.46. The van der Waals surface area contributed by atoms with Crippen molar-refractivity contribution in [3.05, 3.63) is 83.7 Å². The summed E-state index contributed by atoms with van der Waals surface area (Å²) < 4.78 is 16.0. The van der Waals surface area contributed by atoms with Crippen LogP contribution in [0.15, 0.2) is 67.0 Å². The first kappa shape index (κ1) is 33.0. The quantitative estimate of drug-likeness (QED) is 0.0716. The van der Waals surface area contributed by atoms with Gasteiger partial charge < -0.3 is 39.3 Å². The highest BCUT2D eigenvalue weighted by Crippen LogP contribution is 2.34. The van der Waals surface area contributed by atoms with Crippen molar-refractivity contribution < 1.29 is 34.0 Å². The number of aromatic amines is 2. The normalized spacial score (nSPS) is 14.5.